The van der Waals surface area contributed by atoms with Crippen LogP contribution in [0.5, 0.6) is 0 Å². The van der Waals surface area contributed by atoms with Gasteiger partial charge in [-0.2, -0.15) is 0 Å². The van der Waals surface area contributed by atoms with Crippen molar-refractivity contribution in [1.82, 2.24) is 19.8 Å². The first-order valence-electron chi connectivity index (χ1n) is 9.26. The third-order valence-corrected chi connectivity index (χ3v) is 5.55. The van der Waals surface area contributed by atoms with Crippen LogP contribution in [0.15, 0.2) is 66.1 Å². The number of imidazole rings is 1. The fourth-order valence-electron chi connectivity index (χ4n) is 2.92. The van der Waals surface area contributed by atoms with Gasteiger partial charge >= 0.3 is 0 Å². The first-order chi connectivity index (χ1) is 14.0. The fraction of sp³-hybridized carbons (Fsp3) is 0.227. The summed E-state index contributed by atoms with van der Waals surface area (Å²) in [6, 6.07) is 15.3. The first-order valence-corrected chi connectivity index (χ1v) is 10.3. The monoisotopic (exact) mass is 408 g/mol. The van der Waals surface area contributed by atoms with Crippen LogP contribution < -0.4 is 5.32 Å². The first kappa shape index (κ1) is 20.7. The molecule has 0 aliphatic heterocycles. The molecule has 3 aromatic rings. The number of hydrogen-bond donors (Lipinski definition) is 1. The van der Waals surface area contributed by atoms with E-state index in [-0.39, 0.29) is 11.8 Å². The standard InChI is InChI=1S/C22H24N4O2S/c1-16-6-4-5-7-19(16)26-13-12-24-22(26)29-15-20(27)25(3)14-17-8-10-18(11-9-17)21(28)23-2/h4-13H,14-15H2,1-3H3,(H,23,28). The molecule has 2 aromatic carbocycles. The molecule has 0 saturated heterocycles. The van der Waals surface area contributed by atoms with Gasteiger partial charge in [-0.1, -0.05) is 42.1 Å². The van der Waals surface area contributed by atoms with Crippen LogP contribution in [0, 0.1) is 6.92 Å². The molecule has 0 bridgehead atoms. The highest BCUT2D eigenvalue weighted by molar-refractivity contribution is 7.99. The highest BCUT2D eigenvalue weighted by atomic mass is 32.2. The summed E-state index contributed by atoms with van der Waals surface area (Å²) in [6.45, 7) is 2.54. The number of aromatic nitrogens is 2. The van der Waals surface area contributed by atoms with Crippen LogP contribution in [0.1, 0.15) is 21.5 Å². The number of aryl methyl sites for hydroxylation is 1. The number of hydrogen-bond acceptors (Lipinski definition) is 4. The van der Waals surface area contributed by atoms with Gasteiger partial charge < -0.3 is 10.2 Å². The van der Waals surface area contributed by atoms with E-state index in [4.69, 9.17) is 0 Å². The van der Waals surface area contributed by atoms with Crippen LogP contribution in [0.2, 0.25) is 0 Å². The summed E-state index contributed by atoms with van der Waals surface area (Å²) in [6.07, 6.45) is 3.66. The molecule has 0 atom stereocenters. The van der Waals surface area contributed by atoms with Crippen molar-refractivity contribution in [1.29, 1.82) is 0 Å². The number of amides is 2. The van der Waals surface area contributed by atoms with Gasteiger partial charge in [0, 0.05) is 38.6 Å². The number of para-hydroxylation sites is 1. The van der Waals surface area contributed by atoms with Crippen molar-refractivity contribution >= 4 is 23.6 Å². The molecule has 6 nitrogen and oxygen atoms in total. The Morgan fingerprint density at radius 3 is 2.55 bits per heavy atom. The highest BCUT2D eigenvalue weighted by Crippen LogP contribution is 2.23. The van der Waals surface area contributed by atoms with E-state index in [0.717, 1.165) is 22.0 Å². The smallest absolute Gasteiger partial charge is 0.251 e. The number of rotatable bonds is 7. The van der Waals surface area contributed by atoms with E-state index in [9.17, 15) is 9.59 Å². The molecule has 0 saturated carbocycles. The van der Waals surface area contributed by atoms with E-state index in [2.05, 4.69) is 23.3 Å². The molecule has 0 unspecified atom stereocenters. The lowest BCUT2D eigenvalue weighted by Gasteiger charge is -2.17. The second kappa shape index (κ2) is 9.43. The minimum absolute atomic E-state index is 0.0183. The zero-order valence-electron chi connectivity index (χ0n) is 16.8. The van der Waals surface area contributed by atoms with E-state index in [1.807, 2.05) is 41.1 Å². The molecular weight excluding hydrogens is 384 g/mol. The maximum absolute atomic E-state index is 12.6. The summed E-state index contributed by atoms with van der Waals surface area (Å²) < 4.78 is 2.00. The number of carbonyl (C=O) groups is 2. The molecule has 0 spiro atoms. The minimum Gasteiger partial charge on any atom is -0.355 e. The summed E-state index contributed by atoms with van der Waals surface area (Å²) in [7, 11) is 3.38. The van der Waals surface area contributed by atoms with Crippen LogP contribution in [0.25, 0.3) is 5.69 Å². The lowest BCUT2D eigenvalue weighted by atomic mass is 10.1. The van der Waals surface area contributed by atoms with Gasteiger partial charge in [0.15, 0.2) is 5.16 Å². The van der Waals surface area contributed by atoms with Gasteiger partial charge in [-0.3, -0.25) is 14.2 Å². The lowest BCUT2D eigenvalue weighted by molar-refractivity contribution is -0.127. The molecule has 7 heteroatoms. The van der Waals surface area contributed by atoms with Crippen molar-refractivity contribution in [2.24, 2.45) is 0 Å². The van der Waals surface area contributed by atoms with E-state index >= 15 is 0 Å². The molecule has 0 aliphatic rings. The van der Waals surface area contributed by atoms with E-state index in [1.54, 1.807) is 37.3 Å². The van der Waals surface area contributed by atoms with Crippen molar-refractivity contribution in [3.8, 4) is 5.69 Å². The molecule has 0 fully saturated rings. The second-order valence-corrected chi connectivity index (χ2v) is 7.62. The Bertz CT molecular complexity index is 998. The molecule has 0 radical (unpaired) electrons. The molecule has 0 aliphatic carbocycles. The molecule has 1 heterocycles. The second-order valence-electron chi connectivity index (χ2n) is 6.68. The predicted octanol–water partition coefficient (Wildman–Crippen LogP) is 3.29. The molecule has 150 valence electrons. The van der Waals surface area contributed by atoms with Crippen molar-refractivity contribution in [3.63, 3.8) is 0 Å². The summed E-state index contributed by atoms with van der Waals surface area (Å²) >= 11 is 1.42. The Labute approximate surface area is 174 Å². The van der Waals surface area contributed by atoms with Gasteiger partial charge in [-0.25, -0.2) is 4.98 Å². The van der Waals surface area contributed by atoms with Crippen molar-refractivity contribution in [3.05, 3.63) is 77.6 Å². The van der Waals surface area contributed by atoms with Crippen LogP contribution in [-0.2, 0) is 11.3 Å². The number of carbonyl (C=O) groups excluding carboxylic acids is 2. The van der Waals surface area contributed by atoms with Gasteiger partial charge in [-0.05, 0) is 36.2 Å². The Morgan fingerprint density at radius 1 is 1.14 bits per heavy atom. The molecule has 3 rings (SSSR count). The zero-order chi connectivity index (χ0) is 20.8. The molecular formula is C22H24N4O2S. The molecule has 2 amide bonds. The normalized spacial score (nSPS) is 10.6. The minimum atomic E-state index is -0.124. The van der Waals surface area contributed by atoms with Crippen LogP contribution in [-0.4, -0.2) is 46.1 Å². The number of benzene rings is 2. The zero-order valence-corrected chi connectivity index (χ0v) is 17.6. The highest BCUT2D eigenvalue weighted by Gasteiger charge is 2.14. The molecule has 1 aromatic heterocycles. The largest absolute Gasteiger partial charge is 0.355 e. The van der Waals surface area contributed by atoms with Crippen LogP contribution in [0.4, 0.5) is 0 Å². The van der Waals surface area contributed by atoms with Crippen LogP contribution in [0.3, 0.4) is 0 Å². The summed E-state index contributed by atoms with van der Waals surface area (Å²) in [5, 5.41) is 3.38. The van der Waals surface area contributed by atoms with Crippen molar-refractivity contribution < 1.29 is 9.59 Å². The van der Waals surface area contributed by atoms with Gasteiger partial charge in [0.25, 0.3) is 5.91 Å². The number of nitrogens with one attached hydrogen (secondary N) is 1. The van der Waals surface area contributed by atoms with Crippen molar-refractivity contribution in [2.45, 2.75) is 18.6 Å². The Morgan fingerprint density at radius 2 is 1.86 bits per heavy atom. The average Bonchev–Trinajstić information content (AvgIpc) is 3.20. The third-order valence-electron chi connectivity index (χ3n) is 4.60. The van der Waals surface area contributed by atoms with Gasteiger partial charge in [-0.15, -0.1) is 0 Å². The summed E-state index contributed by atoms with van der Waals surface area (Å²) in [5.41, 5.74) is 3.78. The van der Waals surface area contributed by atoms with Gasteiger partial charge in [0.05, 0.1) is 11.4 Å². The van der Waals surface area contributed by atoms with E-state index in [1.165, 1.54) is 11.8 Å². The Balaban J connectivity index is 1.59. The van der Waals surface area contributed by atoms with E-state index < -0.39 is 0 Å². The van der Waals surface area contributed by atoms with Gasteiger partial charge in [0.2, 0.25) is 5.91 Å². The summed E-state index contributed by atoms with van der Waals surface area (Å²) in [4.78, 5) is 30.3. The lowest BCUT2D eigenvalue weighted by Crippen LogP contribution is -2.28. The SMILES string of the molecule is CNC(=O)c1ccc(CN(C)C(=O)CSc2nccn2-c2ccccc2C)cc1. The maximum Gasteiger partial charge on any atom is 0.251 e. The Hall–Kier alpha value is -3.06. The fourth-order valence-corrected chi connectivity index (χ4v) is 3.82. The average molecular weight is 409 g/mol. The van der Waals surface area contributed by atoms with E-state index in [0.29, 0.717) is 17.9 Å². The van der Waals surface area contributed by atoms with Crippen LogP contribution >= 0.6 is 11.8 Å². The van der Waals surface area contributed by atoms with Crippen molar-refractivity contribution in [2.75, 3.05) is 19.8 Å². The number of thioether (sulfide) groups is 1. The summed E-state index contributed by atoms with van der Waals surface area (Å²) in [5.74, 6) is 0.196. The number of nitrogens with zero attached hydrogens (tertiary/aromatic N) is 3. The Kier molecular flexibility index (Phi) is 6.72. The third kappa shape index (κ3) is 5.06. The predicted molar refractivity (Wildman–Crippen MR) is 115 cm³/mol. The molecule has 29 heavy (non-hydrogen) atoms. The maximum atomic E-state index is 12.6. The molecule has 1 N–H and O–H groups in total. The van der Waals surface area contributed by atoms with Gasteiger partial charge in [0.1, 0.15) is 0 Å². The topological polar surface area (TPSA) is 67.2 Å². The quantitative estimate of drug-likeness (QED) is 0.609.